The first kappa shape index (κ1) is 12.3. The normalized spacial score (nSPS) is 41.2. The van der Waals surface area contributed by atoms with E-state index in [0.29, 0.717) is 6.42 Å². The van der Waals surface area contributed by atoms with E-state index in [0.717, 1.165) is 0 Å². The first-order valence-corrected chi connectivity index (χ1v) is 8.77. The molecule has 0 radical (unpaired) electrons. The van der Waals surface area contributed by atoms with Crippen LogP contribution >= 0.6 is 0 Å². The Bertz CT molecular complexity index is 469. The largest absolute Gasteiger partial charge is 0.390 e. The van der Waals surface area contributed by atoms with Crippen LogP contribution in [0.25, 0.3) is 0 Å². The van der Waals surface area contributed by atoms with E-state index in [1.807, 2.05) is 0 Å². The Morgan fingerprint density at radius 2 is 1.69 bits per heavy atom. The molecule has 16 heavy (non-hydrogen) atoms. The lowest BCUT2D eigenvalue weighted by molar-refractivity contribution is 0.160. The summed E-state index contributed by atoms with van der Waals surface area (Å²) in [5.74, 6) is -0.161. The van der Waals surface area contributed by atoms with E-state index in [2.05, 4.69) is 5.32 Å². The lowest BCUT2D eigenvalue weighted by Crippen LogP contribution is -2.45. The predicted octanol–water partition coefficient (Wildman–Crippen LogP) is -2.08. The van der Waals surface area contributed by atoms with Gasteiger partial charge in [0, 0.05) is 12.1 Å². The van der Waals surface area contributed by atoms with Crippen molar-refractivity contribution in [3.8, 4) is 0 Å². The predicted molar refractivity (Wildman–Crippen MR) is 58.6 cm³/mol. The van der Waals surface area contributed by atoms with Crippen molar-refractivity contribution in [1.29, 1.82) is 0 Å². The van der Waals surface area contributed by atoms with Crippen LogP contribution in [-0.2, 0) is 19.7 Å². The van der Waals surface area contributed by atoms with E-state index >= 15 is 0 Å². The minimum atomic E-state index is -3.18. The fraction of sp³-hybridized carbons (Fsp3) is 1.00. The van der Waals surface area contributed by atoms with E-state index in [4.69, 9.17) is 0 Å². The molecule has 0 aliphatic carbocycles. The Kier molecular flexibility index (Phi) is 3.02. The topological polar surface area (TPSA) is 101 Å². The highest BCUT2D eigenvalue weighted by Crippen LogP contribution is 2.17. The molecule has 0 bridgehead atoms. The van der Waals surface area contributed by atoms with Crippen molar-refractivity contribution in [1.82, 2.24) is 5.32 Å². The molecule has 0 spiro atoms. The minimum Gasteiger partial charge on any atom is -0.390 e. The molecular formula is C8H15NO5S2. The molecule has 2 rings (SSSR count). The zero-order valence-electron chi connectivity index (χ0n) is 8.66. The number of hydrogen-bond donors (Lipinski definition) is 2. The van der Waals surface area contributed by atoms with Gasteiger partial charge in [-0.25, -0.2) is 16.8 Å². The first-order chi connectivity index (χ1) is 7.27. The summed E-state index contributed by atoms with van der Waals surface area (Å²) in [7, 11) is -6.15. The molecule has 0 saturated carbocycles. The monoisotopic (exact) mass is 269 g/mol. The highest BCUT2D eigenvalue weighted by atomic mass is 32.2. The van der Waals surface area contributed by atoms with Gasteiger partial charge >= 0.3 is 0 Å². The van der Waals surface area contributed by atoms with Gasteiger partial charge in [-0.3, -0.25) is 0 Å². The smallest absolute Gasteiger partial charge is 0.154 e. The van der Waals surface area contributed by atoms with Crippen molar-refractivity contribution in [2.24, 2.45) is 0 Å². The van der Waals surface area contributed by atoms with Gasteiger partial charge in [0.2, 0.25) is 0 Å². The average Bonchev–Trinajstić information content (AvgIpc) is 2.53. The van der Waals surface area contributed by atoms with E-state index in [-0.39, 0.29) is 29.1 Å². The summed E-state index contributed by atoms with van der Waals surface area (Å²) in [6.07, 6.45) is -0.431. The lowest BCUT2D eigenvalue weighted by atomic mass is 10.1. The van der Waals surface area contributed by atoms with Gasteiger partial charge in [-0.1, -0.05) is 0 Å². The van der Waals surface area contributed by atoms with E-state index in [9.17, 15) is 21.9 Å². The second kappa shape index (κ2) is 3.94. The molecule has 8 heteroatoms. The Balaban J connectivity index is 1.97. The molecule has 0 unspecified atom stereocenters. The van der Waals surface area contributed by atoms with Gasteiger partial charge < -0.3 is 10.4 Å². The molecule has 0 aromatic carbocycles. The van der Waals surface area contributed by atoms with E-state index in [1.54, 1.807) is 0 Å². The molecule has 2 aliphatic heterocycles. The zero-order valence-corrected chi connectivity index (χ0v) is 10.3. The molecule has 2 N–H and O–H groups in total. The second-order valence-electron chi connectivity index (χ2n) is 4.52. The van der Waals surface area contributed by atoms with Gasteiger partial charge in [-0.15, -0.1) is 0 Å². The van der Waals surface area contributed by atoms with Crippen LogP contribution in [0, 0.1) is 0 Å². The Morgan fingerprint density at radius 3 is 2.12 bits per heavy atom. The van der Waals surface area contributed by atoms with Crippen LogP contribution in [0.5, 0.6) is 0 Å². The number of sulfone groups is 2. The summed E-state index contributed by atoms with van der Waals surface area (Å²) in [6.45, 7) is 0. The summed E-state index contributed by atoms with van der Waals surface area (Å²) >= 11 is 0. The van der Waals surface area contributed by atoms with Crippen LogP contribution in [0.4, 0.5) is 0 Å². The third-order valence-electron chi connectivity index (χ3n) is 3.00. The number of aliphatic hydroxyl groups excluding tert-OH is 1. The van der Waals surface area contributed by atoms with Gasteiger partial charge in [-0.05, 0) is 6.42 Å². The highest BCUT2D eigenvalue weighted by Gasteiger charge is 2.39. The lowest BCUT2D eigenvalue weighted by Gasteiger charge is -2.19. The number of hydrogen-bond acceptors (Lipinski definition) is 6. The van der Waals surface area contributed by atoms with Crippen LogP contribution in [-0.4, -0.2) is 63.1 Å². The standard InChI is InChI=1S/C8H15NO5S2/c10-8-5-16(13,14)4-7(8)9-6-1-2-15(11,12)3-6/h6-10H,1-5H2/t6-,7-,8+/m1/s1. The average molecular weight is 269 g/mol. The third-order valence-corrected chi connectivity index (χ3v) is 6.49. The van der Waals surface area contributed by atoms with Crippen LogP contribution in [0.1, 0.15) is 6.42 Å². The van der Waals surface area contributed by atoms with Gasteiger partial charge in [0.05, 0.1) is 29.1 Å². The van der Waals surface area contributed by atoms with Crippen molar-refractivity contribution in [3.63, 3.8) is 0 Å². The van der Waals surface area contributed by atoms with Gasteiger partial charge in [0.25, 0.3) is 0 Å². The number of nitrogens with one attached hydrogen (secondary N) is 1. The third kappa shape index (κ3) is 2.73. The molecule has 2 saturated heterocycles. The van der Waals surface area contributed by atoms with Crippen LogP contribution in [0.3, 0.4) is 0 Å². The quantitative estimate of drug-likeness (QED) is 0.597. The fourth-order valence-electron chi connectivity index (χ4n) is 2.22. The molecule has 6 nitrogen and oxygen atoms in total. The maximum Gasteiger partial charge on any atom is 0.154 e. The van der Waals surface area contributed by atoms with Crippen molar-refractivity contribution in [2.45, 2.75) is 24.6 Å². The number of rotatable bonds is 2. The molecule has 0 aromatic heterocycles. The summed E-state index contributed by atoms with van der Waals surface area (Å²) in [5.41, 5.74) is 0. The van der Waals surface area contributed by atoms with Gasteiger partial charge in [0.15, 0.2) is 19.7 Å². The van der Waals surface area contributed by atoms with Crippen molar-refractivity contribution >= 4 is 19.7 Å². The van der Waals surface area contributed by atoms with E-state index in [1.165, 1.54) is 0 Å². The molecule has 2 fully saturated rings. The van der Waals surface area contributed by atoms with Gasteiger partial charge in [-0.2, -0.15) is 0 Å². The molecule has 0 amide bonds. The highest BCUT2D eigenvalue weighted by molar-refractivity contribution is 7.92. The molecule has 0 aromatic rings. The first-order valence-electron chi connectivity index (χ1n) is 5.12. The van der Waals surface area contributed by atoms with Crippen LogP contribution in [0.15, 0.2) is 0 Å². The molecule has 2 heterocycles. The fourth-order valence-corrected chi connectivity index (χ4v) is 5.66. The van der Waals surface area contributed by atoms with E-state index < -0.39 is 31.8 Å². The van der Waals surface area contributed by atoms with Crippen molar-refractivity contribution < 1.29 is 21.9 Å². The summed E-state index contributed by atoms with van der Waals surface area (Å²) in [6, 6.07) is -0.749. The maximum atomic E-state index is 11.2. The SMILES string of the molecule is O=S1(=O)CC[C@@H](N[C@@H]2CS(=O)(=O)C[C@@H]2O)C1. The van der Waals surface area contributed by atoms with Crippen molar-refractivity contribution in [3.05, 3.63) is 0 Å². The Hall–Kier alpha value is -0.180. The van der Waals surface area contributed by atoms with Crippen LogP contribution in [0.2, 0.25) is 0 Å². The Morgan fingerprint density at radius 1 is 1.00 bits per heavy atom. The molecular weight excluding hydrogens is 254 g/mol. The summed E-state index contributed by atoms with van der Waals surface area (Å²) in [5, 5.41) is 12.5. The number of aliphatic hydroxyl groups is 1. The van der Waals surface area contributed by atoms with Crippen molar-refractivity contribution in [2.75, 3.05) is 23.0 Å². The second-order valence-corrected chi connectivity index (χ2v) is 8.90. The minimum absolute atomic E-state index is 0.0380. The van der Waals surface area contributed by atoms with Crippen LogP contribution < -0.4 is 5.32 Å². The van der Waals surface area contributed by atoms with Gasteiger partial charge in [0.1, 0.15) is 0 Å². The maximum absolute atomic E-state index is 11.2. The molecule has 3 atom stereocenters. The molecule has 2 aliphatic rings. The Labute approximate surface area is 94.9 Å². The molecule has 94 valence electrons. The zero-order chi connectivity index (χ0) is 12.0. The summed E-state index contributed by atoms with van der Waals surface area (Å²) < 4.78 is 44.9. The summed E-state index contributed by atoms with van der Waals surface area (Å²) in [4.78, 5) is 0.